The lowest BCUT2D eigenvalue weighted by molar-refractivity contribution is -0.122. The summed E-state index contributed by atoms with van der Waals surface area (Å²) in [5, 5.41) is 11.5. The molecular weight excluding hydrogens is 392 g/mol. The van der Waals surface area contributed by atoms with E-state index in [-0.39, 0.29) is 5.41 Å². The number of carbonyl (C=O) groups is 2. The normalized spacial score (nSPS) is 17.5. The molecule has 0 aromatic carbocycles. The molecular formula is C21H24N2O3S2. The molecule has 0 saturated heterocycles. The Morgan fingerprint density at radius 1 is 1.43 bits per heavy atom. The number of hydrogen-bond donors (Lipinski definition) is 0. The Labute approximate surface area is 173 Å². The lowest BCUT2D eigenvalue weighted by Crippen LogP contribution is -2.26. The molecule has 1 aliphatic carbocycles. The summed E-state index contributed by atoms with van der Waals surface area (Å²) >= 11 is 2.73. The van der Waals surface area contributed by atoms with E-state index >= 15 is 0 Å². The minimum Gasteiger partial charge on any atom is -0.453 e. The van der Waals surface area contributed by atoms with E-state index in [0.29, 0.717) is 15.8 Å². The average Bonchev–Trinajstić information content (AvgIpc) is 3.25. The second-order valence-electron chi connectivity index (χ2n) is 8.30. The molecule has 0 spiro atoms. The van der Waals surface area contributed by atoms with Crippen LogP contribution in [0.5, 0.6) is 0 Å². The zero-order valence-electron chi connectivity index (χ0n) is 16.6. The number of carbonyl (C=O) groups excluding carboxylic acids is 2. The van der Waals surface area contributed by atoms with Crippen LogP contribution in [0.1, 0.15) is 63.9 Å². The van der Waals surface area contributed by atoms with Crippen LogP contribution in [0.2, 0.25) is 0 Å². The Kier molecular flexibility index (Phi) is 6.01. The topological polar surface area (TPSA) is 80.0 Å². The average molecular weight is 417 g/mol. The molecule has 2 heterocycles. The van der Waals surface area contributed by atoms with Crippen molar-refractivity contribution in [1.29, 1.82) is 5.26 Å². The number of thiazole rings is 1. The third-order valence-electron chi connectivity index (χ3n) is 5.19. The molecule has 2 aromatic rings. The van der Waals surface area contributed by atoms with Crippen LogP contribution in [0.3, 0.4) is 0 Å². The summed E-state index contributed by atoms with van der Waals surface area (Å²) < 4.78 is 5.22. The van der Waals surface area contributed by atoms with Gasteiger partial charge in [-0.25, -0.2) is 9.78 Å². The highest BCUT2D eigenvalue weighted by Crippen LogP contribution is 2.40. The number of ether oxygens (including phenoxy) is 1. The van der Waals surface area contributed by atoms with Gasteiger partial charge in [-0.3, -0.25) is 4.79 Å². The van der Waals surface area contributed by atoms with Gasteiger partial charge in [0.1, 0.15) is 9.88 Å². The smallest absolute Gasteiger partial charge is 0.348 e. The first kappa shape index (κ1) is 20.7. The van der Waals surface area contributed by atoms with Crippen molar-refractivity contribution >= 4 is 34.4 Å². The Balaban J connectivity index is 1.62. The summed E-state index contributed by atoms with van der Waals surface area (Å²) in [5.74, 6) is -1.33. The summed E-state index contributed by atoms with van der Waals surface area (Å²) in [4.78, 5) is 30.7. The van der Waals surface area contributed by atoms with E-state index in [4.69, 9.17) is 4.74 Å². The quantitative estimate of drug-likeness (QED) is 0.660. The molecule has 0 amide bonds. The maximum Gasteiger partial charge on any atom is 0.348 e. The lowest BCUT2D eigenvalue weighted by atomic mass is 9.72. The van der Waals surface area contributed by atoms with Crippen molar-refractivity contribution in [3.63, 3.8) is 0 Å². The van der Waals surface area contributed by atoms with Crippen molar-refractivity contribution in [2.24, 2.45) is 11.3 Å². The first-order chi connectivity index (χ1) is 13.2. The first-order valence-electron chi connectivity index (χ1n) is 9.32. The second-order valence-corrected chi connectivity index (χ2v) is 10.3. The number of esters is 1. The van der Waals surface area contributed by atoms with Crippen LogP contribution in [-0.2, 0) is 22.4 Å². The monoisotopic (exact) mass is 416 g/mol. The van der Waals surface area contributed by atoms with Gasteiger partial charge >= 0.3 is 5.97 Å². The number of rotatable bonds is 5. The predicted octanol–water partition coefficient (Wildman–Crippen LogP) is 4.70. The van der Waals surface area contributed by atoms with Gasteiger partial charge in [-0.15, -0.1) is 22.7 Å². The minimum absolute atomic E-state index is 0.243. The van der Waals surface area contributed by atoms with E-state index in [1.54, 1.807) is 5.38 Å². The number of hydrogen-bond acceptors (Lipinski definition) is 7. The van der Waals surface area contributed by atoms with Crippen molar-refractivity contribution in [3.8, 4) is 6.07 Å². The number of Topliss-reactive ketones (excluding diaryl/α,β-unsaturated/α-hetero) is 1. The molecule has 5 nitrogen and oxygen atoms in total. The van der Waals surface area contributed by atoms with Gasteiger partial charge in [-0.1, -0.05) is 20.8 Å². The number of fused-ring (bicyclic) bond motifs is 1. The molecule has 148 valence electrons. The number of nitrogens with zero attached hydrogens (tertiary/aromatic N) is 2. The minimum atomic E-state index is -0.990. The molecule has 2 aromatic heterocycles. The van der Waals surface area contributed by atoms with Crippen LogP contribution in [0.4, 0.5) is 0 Å². The van der Waals surface area contributed by atoms with E-state index in [0.717, 1.165) is 25.0 Å². The molecule has 0 fully saturated rings. The van der Waals surface area contributed by atoms with E-state index < -0.39 is 24.3 Å². The highest BCUT2D eigenvalue weighted by Gasteiger charge is 2.31. The second kappa shape index (κ2) is 8.14. The summed E-state index contributed by atoms with van der Waals surface area (Å²) in [6.45, 7) is 8.16. The van der Waals surface area contributed by atoms with Gasteiger partial charge in [-0.05, 0) is 49.1 Å². The van der Waals surface area contributed by atoms with Crippen LogP contribution in [-0.4, -0.2) is 23.3 Å². The largest absolute Gasteiger partial charge is 0.453 e. The van der Waals surface area contributed by atoms with Crippen molar-refractivity contribution in [3.05, 3.63) is 37.5 Å². The van der Waals surface area contributed by atoms with Crippen molar-refractivity contribution in [2.45, 2.75) is 52.9 Å². The molecule has 3 rings (SSSR count). The van der Waals surface area contributed by atoms with Gasteiger partial charge in [0.15, 0.2) is 18.3 Å². The number of ketones is 1. The molecule has 28 heavy (non-hydrogen) atoms. The molecule has 0 aliphatic heterocycles. The molecule has 0 unspecified atom stereocenters. The van der Waals surface area contributed by atoms with Gasteiger partial charge in [0.05, 0.1) is 6.07 Å². The Bertz CT molecular complexity index is 930. The van der Waals surface area contributed by atoms with Crippen LogP contribution < -0.4 is 0 Å². The fourth-order valence-electron chi connectivity index (χ4n) is 3.42. The fraction of sp³-hybridized carbons (Fsp3) is 0.524. The summed E-state index contributed by atoms with van der Waals surface area (Å²) in [6.07, 6.45) is 3.08. The number of aromatic nitrogens is 1. The van der Waals surface area contributed by atoms with Gasteiger partial charge in [-0.2, -0.15) is 5.26 Å². The Morgan fingerprint density at radius 2 is 2.18 bits per heavy atom. The van der Waals surface area contributed by atoms with Crippen molar-refractivity contribution in [1.82, 2.24) is 4.98 Å². The first-order valence-corrected chi connectivity index (χ1v) is 11.0. The third-order valence-corrected chi connectivity index (χ3v) is 7.43. The van der Waals surface area contributed by atoms with Crippen LogP contribution >= 0.6 is 22.7 Å². The fourth-order valence-corrected chi connectivity index (χ4v) is 5.39. The maximum absolute atomic E-state index is 12.4. The number of nitriles is 1. The summed E-state index contributed by atoms with van der Waals surface area (Å²) in [5.41, 5.74) is 2.23. The van der Waals surface area contributed by atoms with E-state index in [2.05, 4.69) is 25.8 Å². The van der Waals surface area contributed by atoms with Crippen LogP contribution in [0.25, 0.3) is 0 Å². The predicted molar refractivity (Wildman–Crippen MR) is 110 cm³/mol. The van der Waals surface area contributed by atoms with E-state index in [1.807, 2.05) is 19.1 Å². The Morgan fingerprint density at radius 3 is 2.79 bits per heavy atom. The third kappa shape index (κ3) is 4.50. The van der Waals surface area contributed by atoms with Crippen molar-refractivity contribution < 1.29 is 14.3 Å². The van der Waals surface area contributed by atoms with Crippen molar-refractivity contribution in [2.75, 3.05) is 6.61 Å². The molecule has 1 aliphatic rings. The lowest BCUT2D eigenvalue weighted by Gasteiger charge is -2.33. The Hall–Kier alpha value is -2.04. The molecule has 0 N–H and O–H groups in total. The van der Waals surface area contributed by atoms with E-state index in [9.17, 15) is 14.9 Å². The number of aryl methyl sites for hydroxylation is 2. The highest BCUT2D eigenvalue weighted by molar-refractivity contribution is 7.14. The van der Waals surface area contributed by atoms with Gasteiger partial charge in [0.25, 0.3) is 0 Å². The molecule has 7 heteroatoms. The maximum atomic E-state index is 12.4. The summed E-state index contributed by atoms with van der Waals surface area (Å²) in [7, 11) is 0. The molecule has 0 radical (unpaired) electrons. The standard InChI is InChI=1S/C21H24N2O3S2/c1-12-11-27-19(23-12)15(9-22)16(24)10-26-20(25)18-8-13-7-14(21(2,3)4)5-6-17(13)28-18/h8,11,14-15H,5-7,10H2,1-4H3/t14-,15-/m0/s1. The van der Waals surface area contributed by atoms with Gasteiger partial charge < -0.3 is 4.74 Å². The zero-order chi connectivity index (χ0) is 20.5. The van der Waals surface area contributed by atoms with E-state index in [1.165, 1.54) is 33.1 Å². The highest BCUT2D eigenvalue weighted by atomic mass is 32.1. The SMILES string of the molecule is Cc1csc([C@@H](C#N)C(=O)COC(=O)c2cc3c(s2)CC[C@H](C(C)(C)C)C3)n1. The van der Waals surface area contributed by atoms with Gasteiger partial charge in [0, 0.05) is 16.0 Å². The molecule has 2 atom stereocenters. The summed E-state index contributed by atoms with van der Waals surface area (Å²) in [6, 6.07) is 3.88. The van der Waals surface area contributed by atoms with Gasteiger partial charge in [0.2, 0.25) is 0 Å². The molecule has 0 bridgehead atoms. The zero-order valence-corrected chi connectivity index (χ0v) is 18.2. The number of thiophene rings is 1. The van der Waals surface area contributed by atoms with Crippen LogP contribution in [0, 0.1) is 29.6 Å². The molecule has 0 saturated carbocycles. The van der Waals surface area contributed by atoms with Crippen LogP contribution in [0.15, 0.2) is 11.4 Å².